The smallest absolute Gasteiger partial charge is 0.338 e. The van der Waals surface area contributed by atoms with Crippen LogP contribution in [0.1, 0.15) is 17.3 Å². The molecule has 0 spiro atoms. The maximum Gasteiger partial charge on any atom is 0.338 e. The van der Waals surface area contributed by atoms with Crippen LogP contribution < -0.4 is 5.32 Å². The molecule has 4 heteroatoms. The minimum absolute atomic E-state index is 0.311. The number of nitrogens with one attached hydrogen (secondary N) is 1. The maximum absolute atomic E-state index is 11.8. The summed E-state index contributed by atoms with van der Waals surface area (Å²) in [6.45, 7) is 2.16. The molecule has 0 saturated carbocycles. The number of carbonyl (C=O) groups excluding carboxylic acids is 1. The highest BCUT2D eigenvalue weighted by atomic mass is 16.5. The molecule has 1 aromatic heterocycles. The Morgan fingerprint density at radius 3 is 2.82 bits per heavy atom. The predicted molar refractivity (Wildman–Crippen MR) is 87.4 cm³/mol. The van der Waals surface area contributed by atoms with Gasteiger partial charge in [-0.3, -0.25) is 4.98 Å². The van der Waals surface area contributed by atoms with Gasteiger partial charge in [0.25, 0.3) is 0 Å². The third-order valence-electron chi connectivity index (χ3n) is 3.27. The highest BCUT2D eigenvalue weighted by Gasteiger charge is 2.07. The Kier molecular flexibility index (Phi) is 4.01. The Balaban J connectivity index is 1.85. The van der Waals surface area contributed by atoms with E-state index in [1.54, 1.807) is 25.3 Å². The van der Waals surface area contributed by atoms with E-state index < -0.39 is 0 Å². The number of ether oxygens (including phenoxy) is 1. The van der Waals surface area contributed by atoms with Crippen LogP contribution in [0.5, 0.6) is 0 Å². The van der Waals surface area contributed by atoms with Crippen LogP contribution >= 0.6 is 0 Å². The van der Waals surface area contributed by atoms with Crippen LogP contribution in [0.15, 0.2) is 60.8 Å². The number of carbonyl (C=O) groups is 1. The Morgan fingerprint density at radius 2 is 1.95 bits per heavy atom. The minimum Gasteiger partial charge on any atom is -0.462 e. The van der Waals surface area contributed by atoms with Gasteiger partial charge in [-0.2, -0.15) is 0 Å². The molecular formula is C18H16N2O2. The van der Waals surface area contributed by atoms with Crippen LogP contribution in [0, 0.1) is 0 Å². The lowest BCUT2D eigenvalue weighted by Gasteiger charge is -2.09. The first kappa shape index (κ1) is 14.1. The number of rotatable bonds is 4. The van der Waals surface area contributed by atoms with Crippen molar-refractivity contribution in [3.63, 3.8) is 0 Å². The molecule has 22 heavy (non-hydrogen) atoms. The fraction of sp³-hybridized carbons (Fsp3) is 0.111. The van der Waals surface area contributed by atoms with Crippen LogP contribution in [0.3, 0.4) is 0 Å². The van der Waals surface area contributed by atoms with Gasteiger partial charge < -0.3 is 10.1 Å². The number of hydrogen-bond acceptors (Lipinski definition) is 4. The molecule has 110 valence electrons. The van der Waals surface area contributed by atoms with Crippen molar-refractivity contribution in [1.82, 2.24) is 4.98 Å². The van der Waals surface area contributed by atoms with Gasteiger partial charge in [0.2, 0.25) is 0 Å². The lowest BCUT2D eigenvalue weighted by molar-refractivity contribution is 0.0526. The number of pyridine rings is 1. The Morgan fingerprint density at radius 1 is 1.09 bits per heavy atom. The molecule has 0 aliphatic carbocycles. The van der Waals surface area contributed by atoms with Gasteiger partial charge >= 0.3 is 5.97 Å². The largest absolute Gasteiger partial charge is 0.462 e. The summed E-state index contributed by atoms with van der Waals surface area (Å²) >= 11 is 0. The van der Waals surface area contributed by atoms with Crippen molar-refractivity contribution in [3.8, 4) is 0 Å². The van der Waals surface area contributed by atoms with Crippen molar-refractivity contribution in [2.75, 3.05) is 11.9 Å². The molecule has 0 bridgehead atoms. The number of esters is 1. The number of hydrogen-bond donors (Lipinski definition) is 1. The lowest BCUT2D eigenvalue weighted by atomic mass is 10.1. The van der Waals surface area contributed by atoms with Crippen molar-refractivity contribution < 1.29 is 9.53 Å². The summed E-state index contributed by atoms with van der Waals surface area (Å²) in [6.07, 6.45) is 1.78. The number of fused-ring (bicyclic) bond motifs is 1. The van der Waals surface area contributed by atoms with Crippen molar-refractivity contribution in [3.05, 3.63) is 66.4 Å². The molecule has 0 aliphatic heterocycles. The number of nitrogens with zero attached hydrogens (tertiary/aromatic N) is 1. The normalized spacial score (nSPS) is 10.4. The van der Waals surface area contributed by atoms with Gasteiger partial charge in [-0.25, -0.2) is 4.79 Å². The molecule has 0 radical (unpaired) electrons. The SMILES string of the molecule is CCOC(=O)c1cccc(Nc2ccc3ncccc3c2)c1. The Bertz CT molecular complexity index is 815. The first-order chi connectivity index (χ1) is 10.8. The fourth-order valence-electron chi connectivity index (χ4n) is 2.26. The van der Waals surface area contributed by atoms with E-state index in [9.17, 15) is 4.79 Å². The van der Waals surface area contributed by atoms with E-state index in [1.807, 2.05) is 42.5 Å². The lowest BCUT2D eigenvalue weighted by Crippen LogP contribution is -2.04. The third kappa shape index (κ3) is 3.06. The zero-order valence-electron chi connectivity index (χ0n) is 12.2. The van der Waals surface area contributed by atoms with E-state index in [-0.39, 0.29) is 5.97 Å². The van der Waals surface area contributed by atoms with Gasteiger partial charge in [0.1, 0.15) is 0 Å². The van der Waals surface area contributed by atoms with Crippen molar-refractivity contribution in [2.45, 2.75) is 6.92 Å². The zero-order chi connectivity index (χ0) is 15.4. The quantitative estimate of drug-likeness (QED) is 0.734. The van der Waals surface area contributed by atoms with Crippen LogP contribution in [0.4, 0.5) is 11.4 Å². The second kappa shape index (κ2) is 6.26. The van der Waals surface area contributed by atoms with E-state index in [0.717, 1.165) is 22.3 Å². The van der Waals surface area contributed by atoms with Crippen LogP contribution in [0.2, 0.25) is 0 Å². The molecule has 2 aromatic carbocycles. The molecule has 1 heterocycles. The van der Waals surface area contributed by atoms with Crippen LogP contribution in [0.25, 0.3) is 10.9 Å². The number of aromatic nitrogens is 1. The van der Waals surface area contributed by atoms with Gasteiger partial charge in [-0.1, -0.05) is 12.1 Å². The number of anilines is 2. The van der Waals surface area contributed by atoms with E-state index in [1.165, 1.54) is 0 Å². The average molecular weight is 292 g/mol. The summed E-state index contributed by atoms with van der Waals surface area (Å²) in [5.74, 6) is -0.311. The van der Waals surface area contributed by atoms with Crippen molar-refractivity contribution in [1.29, 1.82) is 0 Å². The summed E-state index contributed by atoms with van der Waals surface area (Å²) in [5.41, 5.74) is 3.28. The first-order valence-corrected chi connectivity index (χ1v) is 7.15. The van der Waals surface area contributed by atoms with Gasteiger partial charge in [0.15, 0.2) is 0 Å². The van der Waals surface area contributed by atoms with Crippen molar-refractivity contribution in [2.24, 2.45) is 0 Å². The molecule has 4 nitrogen and oxygen atoms in total. The third-order valence-corrected chi connectivity index (χ3v) is 3.27. The zero-order valence-corrected chi connectivity index (χ0v) is 12.2. The van der Waals surface area contributed by atoms with Crippen LogP contribution in [-0.4, -0.2) is 17.6 Å². The number of benzene rings is 2. The van der Waals surface area contributed by atoms with Gasteiger partial charge in [-0.05, 0) is 49.4 Å². The molecule has 0 atom stereocenters. The molecule has 1 N–H and O–H groups in total. The summed E-state index contributed by atoms with van der Waals surface area (Å²) < 4.78 is 5.02. The van der Waals surface area contributed by atoms with E-state index >= 15 is 0 Å². The molecule has 0 unspecified atom stereocenters. The van der Waals surface area contributed by atoms with Gasteiger partial charge in [0.05, 0.1) is 17.7 Å². The molecule has 0 fully saturated rings. The molecule has 0 aliphatic rings. The molecular weight excluding hydrogens is 276 g/mol. The molecule has 0 amide bonds. The van der Waals surface area contributed by atoms with Gasteiger partial charge in [-0.15, -0.1) is 0 Å². The standard InChI is InChI=1S/C18H16N2O2/c1-2-22-18(21)14-5-3-7-15(12-14)20-16-8-9-17-13(11-16)6-4-10-19-17/h3-12,20H,2H2,1H3. The van der Waals surface area contributed by atoms with Crippen LogP contribution in [-0.2, 0) is 4.74 Å². The van der Waals surface area contributed by atoms with E-state index in [2.05, 4.69) is 10.3 Å². The van der Waals surface area contributed by atoms with E-state index in [4.69, 9.17) is 4.74 Å². The summed E-state index contributed by atoms with van der Waals surface area (Å²) in [7, 11) is 0. The Hall–Kier alpha value is -2.88. The summed E-state index contributed by atoms with van der Waals surface area (Å²) in [4.78, 5) is 16.1. The highest BCUT2D eigenvalue weighted by Crippen LogP contribution is 2.22. The summed E-state index contributed by atoms with van der Waals surface area (Å²) in [6, 6.07) is 17.2. The summed E-state index contributed by atoms with van der Waals surface area (Å²) in [5, 5.41) is 4.36. The molecule has 3 aromatic rings. The average Bonchev–Trinajstić information content (AvgIpc) is 2.55. The molecule has 3 rings (SSSR count). The van der Waals surface area contributed by atoms with E-state index in [0.29, 0.717) is 12.2 Å². The Labute approximate surface area is 128 Å². The first-order valence-electron chi connectivity index (χ1n) is 7.15. The fourth-order valence-corrected chi connectivity index (χ4v) is 2.26. The predicted octanol–water partition coefficient (Wildman–Crippen LogP) is 4.16. The monoisotopic (exact) mass is 292 g/mol. The van der Waals surface area contributed by atoms with Crippen molar-refractivity contribution >= 4 is 28.2 Å². The topological polar surface area (TPSA) is 51.2 Å². The minimum atomic E-state index is -0.311. The van der Waals surface area contributed by atoms with Gasteiger partial charge in [0, 0.05) is 23.0 Å². The second-order valence-corrected chi connectivity index (χ2v) is 4.84. The maximum atomic E-state index is 11.8. The second-order valence-electron chi connectivity index (χ2n) is 4.84. The molecule has 0 saturated heterocycles. The highest BCUT2D eigenvalue weighted by molar-refractivity contribution is 5.91.